The van der Waals surface area contributed by atoms with Gasteiger partial charge in [-0.3, -0.25) is 0 Å². The van der Waals surface area contributed by atoms with Gasteiger partial charge in [0.2, 0.25) is 0 Å². The molecule has 0 amide bonds. The molecule has 2 aromatic heterocycles. The van der Waals surface area contributed by atoms with Gasteiger partial charge in [-0.15, -0.1) is 11.3 Å². The molecular weight excluding hydrogens is 232 g/mol. The number of aromatic nitrogens is 1. The molecule has 4 N–H and O–H groups in total. The van der Waals surface area contributed by atoms with E-state index in [1.807, 2.05) is 6.07 Å². The minimum absolute atomic E-state index is 0.395. The number of thiophene rings is 1. The van der Waals surface area contributed by atoms with Gasteiger partial charge in [0.25, 0.3) is 0 Å². The van der Waals surface area contributed by atoms with Crippen molar-refractivity contribution in [3.63, 3.8) is 0 Å². The van der Waals surface area contributed by atoms with Crippen molar-refractivity contribution in [3.05, 3.63) is 34.5 Å². The average molecular weight is 248 g/mol. The molecular formula is C12H16N4S. The van der Waals surface area contributed by atoms with Crippen LogP contribution in [0.3, 0.4) is 0 Å². The number of anilines is 3. The van der Waals surface area contributed by atoms with Crippen molar-refractivity contribution in [1.82, 2.24) is 4.98 Å². The quantitative estimate of drug-likeness (QED) is 0.871. The zero-order chi connectivity index (χ0) is 12.3. The van der Waals surface area contributed by atoms with E-state index < -0.39 is 0 Å². The molecule has 2 rings (SSSR count). The molecule has 0 saturated heterocycles. The van der Waals surface area contributed by atoms with E-state index in [0.717, 1.165) is 18.9 Å². The van der Waals surface area contributed by atoms with Crippen LogP contribution in [-0.4, -0.2) is 11.5 Å². The Labute approximate surface area is 105 Å². The molecule has 0 aliphatic rings. The summed E-state index contributed by atoms with van der Waals surface area (Å²) >= 11 is 1.74. The predicted molar refractivity (Wildman–Crippen MR) is 74.1 cm³/mol. The van der Waals surface area contributed by atoms with Gasteiger partial charge in [0, 0.05) is 11.4 Å². The van der Waals surface area contributed by atoms with Crippen molar-refractivity contribution in [1.29, 1.82) is 0 Å². The highest BCUT2D eigenvalue weighted by Crippen LogP contribution is 2.21. The molecule has 90 valence electrons. The maximum Gasteiger partial charge on any atom is 0.149 e. The zero-order valence-electron chi connectivity index (χ0n) is 9.76. The number of hydrogen-bond acceptors (Lipinski definition) is 5. The Bertz CT molecular complexity index is 481. The maximum absolute atomic E-state index is 5.73. The number of nitrogen functional groups attached to an aromatic ring is 2. The van der Waals surface area contributed by atoms with Crippen LogP contribution in [0, 0.1) is 0 Å². The molecule has 2 heterocycles. The van der Waals surface area contributed by atoms with Gasteiger partial charge in [-0.2, -0.15) is 0 Å². The molecule has 0 aromatic carbocycles. The monoisotopic (exact) mass is 248 g/mol. The molecule has 17 heavy (non-hydrogen) atoms. The third-order valence-electron chi connectivity index (χ3n) is 2.58. The largest absolute Gasteiger partial charge is 0.396 e. The normalized spacial score (nSPS) is 10.4. The summed E-state index contributed by atoms with van der Waals surface area (Å²) in [5, 5.41) is 2.08. The van der Waals surface area contributed by atoms with E-state index in [0.29, 0.717) is 11.5 Å². The van der Waals surface area contributed by atoms with Gasteiger partial charge in [-0.1, -0.05) is 6.07 Å². The second kappa shape index (κ2) is 5.05. The highest BCUT2D eigenvalue weighted by molar-refractivity contribution is 7.09. The highest BCUT2D eigenvalue weighted by atomic mass is 32.1. The standard InChI is InChI=1S/C12H16N4S/c1-2-16(8-9-4-3-7-17-9)11-6-5-10(13)12(14)15-11/h3-7H,2,8,13H2,1H3,(H2,14,15). The van der Waals surface area contributed by atoms with Gasteiger partial charge < -0.3 is 16.4 Å². The molecule has 5 heteroatoms. The maximum atomic E-state index is 5.73. The average Bonchev–Trinajstić information content (AvgIpc) is 2.82. The molecule has 2 aromatic rings. The first-order valence-electron chi connectivity index (χ1n) is 5.50. The van der Waals surface area contributed by atoms with E-state index in [4.69, 9.17) is 11.5 Å². The summed E-state index contributed by atoms with van der Waals surface area (Å²) in [6, 6.07) is 7.88. The van der Waals surface area contributed by atoms with Crippen molar-refractivity contribution in [3.8, 4) is 0 Å². The fraction of sp³-hybridized carbons (Fsp3) is 0.250. The Kier molecular flexibility index (Phi) is 3.49. The summed E-state index contributed by atoms with van der Waals surface area (Å²) < 4.78 is 0. The molecule has 0 bridgehead atoms. The number of hydrogen-bond donors (Lipinski definition) is 2. The molecule has 0 saturated carbocycles. The lowest BCUT2D eigenvalue weighted by atomic mass is 10.3. The third kappa shape index (κ3) is 2.68. The summed E-state index contributed by atoms with van der Waals surface area (Å²) in [4.78, 5) is 7.79. The van der Waals surface area contributed by atoms with E-state index >= 15 is 0 Å². The van der Waals surface area contributed by atoms with Gasteiger partial charge in [0.15, 0.2) is 0 Å². The van der Waals surface area contributed by atoms with Crippen molar-refractivity contribution >= 4 is 28.7 Å². The Morgan fingerprint density at radius 3 is 2.71 bits per heavy atom. The second-order valence-electron chi connectivity index (χ2n) is 3.74. The molecule has 0 atom stereocenters. The van der Waals surface area contributed by atoms with Crippen LogP contribution in [0.1, 0.15) is 11.8 Å². The molecule has 0 fully saturated rings. The molecule has 0 spiro atoms. The lowest BCUT2D eigenvalue weighted by Crippen LogP contribution is -2.23. The van der Waals surface area contributed by atoms with Crippen LogP contribution >= 0.6 is 11.3 Å². The summed E-state index contributed by atoms with van der Waals surface area (Å²) in [6.45, 7) is 3.83. The second-order valence-corrected chi connectivity index (χ2v) is 4.77. The number of nitrogens with two attached hydrogens (primary N) is 2. The van der Waals surface area contributed by atoms with Gasteiger partial charge >= 0.3 is 0 Å². The van der Waals surface area contributed by atoms with E-state index in [9.17, 15) is 0 Å². The molecule has 4 nitrogen and oxygen atoms in total. The first kappa shape index (κ1) is 11.7. The lowest BCUT2D eigenvalue weighted by Gasteiger charge is -2.21. The van der Waals surface area contributed by atoms with Crippen LogP contribution in [0.4, 0.5) is 17.3 Å². The van der Waals surface area contributed by atoms with Gasteiger partial charge in [-0.05, 0) is 30.5 Å². The predicted octanol–water partition coefficient (Wildman–Crippen LogP) is 2.33. The Hall–Kier alpha value is -1.75. The SMILES string of the molecule is CCN(Cc1cccs1)c1ccc(N)c(N)n1. The summed E-state index contributed by atoms with van der Waals surface area (Å²) in [7, 11) is 0. The van der Waals surface area contributed by atoms with Crippen molar-refractivity contribution in [2.75, 3.05) is 22.9 Å². The summed E-state index contributed by atoms with van der Waals surface area (Å²) in [6.07, 6.45) is 0. The Morgan fingerprint density at radius 2 is 2.12 bits per heavy atom. The Morgan fingerprint density at radius 1 is 1.29 bits per heavy atom. The van der Waals surface area contributed by atoms with Crippen LogP contribution in [-0.2, 0) is 6.54 Å². The number of rotatable bonds is 4. The van der Waals surface area contributed by atoms with Gasteiger partial charge in [-0.25, -0.2) is 4.98 Å². The molecule has 0 aliphatic heterocycles. The van der Waals surface area contributed by atoms with Crippen molar-refractivity contribution in [2.24, 2.45) is 0 Å². The number of pyridine rings is 1. The van der Waals surface area contributed by atoms with Crippen LogP contribution in [0.2, 0.25) is 0 Å². The molecule has 0 radical (unpaired) electrons. The van der Waals surface area contributed by atoms with Crippen LogP contribution in [0.15, 0.2) is 29.6 Å². The lowest BCUT2D eigenvalue weighted by molar-refractivity contribution is 0.825. The number of nitrogens with zero attached hydrogens (tertiary/aromatic N) is 2. The van der Waals surface area contributed by atoms with E-state index in [2.05, 4.69) is 34.3 Å². The third-order valence-corrected chi connectivity index (χ3v) is 3.44. The van der Waals surface area contributed by atoms with E-state index in [1.165, 1.54) is 4.88 Å². The Balaban J connectivity index is 2.20. The smallest absolute Gasteiger partial charge is 0.149 e. The van der Waals surface area contributed by atoms with Crippen LogP contribution in [0.5, 0.6) is 0 Å². The molecule has 0 aliphatic carbocycles. The van der Waals surface area contributed by atoms with Crippen LogP contribution in [0.25, 0.3) is 0 Å². The summed E-state index contributed by atoms with van der Waals surface area (Å²) in [5.41, 5.74) is 11.9. The van der Waals surface area contributed by atoms with E-state index in [-0.39, 0.29) is 0 Å². The van der Waals surface area contributed by atoms with Crippen molar-refractivity contribution < 1.29 is 0 Å². The van der Waals surface area contributed by atoms with Gasteiger partial charge in [0.05, 0.1) is 12.2 Å². The van der Waals surface area contributed by atoms with Gasteiger partial charge in [0.1, 0.15) is 11.6 Å². The fourth-order valence-corrected chi connectivity index (χ4v) is 2.32. The first-order chi connectivity index (χ1) is 8.20. The van der Waals surface area contributed by atoms with E-state index in [1.54, 1.807) is 17.4 Å². The minimum atomic E-state index is 0.395. The topological polar surface area (TPSA) is 68.2 Å². The first-order valence-corrected chi connectivity index (χ1v) is 6.38. The van der Waals surface area contributed by atoms with Crippen molar-refractivity contribution in [2.45, 2.75) is 13.5 Å². The highest BCUT2D eigenvalue weighted by Gasteiger charge is 2.08. The summed E-state index contributed by atoms with van der Waals surface area (Å²) in [5.74, 6) is 1.26. The zero-order valence-corrected chi connectivity index (χ0v) is 10.6. The van der Waals surface area contributed by atoms with Crippen LogP contribution < -0.4 is 16.4 Å². The minimum Gasteiger partial charge on any atom is -0.396 e. The fourth-order valence-electron chi connectivity index (χ4n) is 1.60. The molecule has 0 unspecified atom stereocenters.